The number of aliphatic hydroxyl groups excluding tert-OH is 1. The highest BCUT2D eigenvalue weighted by Crippen LogP contribution is 2.23. The SMILES string of the molecule is COc1ccc(Cl)cc1C(=O)OCCO. The summed E-state index contributed by atoms with van der Waals surface area (Å²) in [5, 5.41) is 8.93. The first-order valence-corrected chi connectivity index (χ1v) is 4.68. The van der Waals surface area contributed by atoms with Gasteiger partial charge in [-0.05, 0) is 18.2 Å². The van der Waals surface area contributed by atoms with E-state index >= 15 is 0 Å². The molecular weight excluding hydrogens is 220 g/mol. The molecule has 82 valence electrons. The number of hydrogen-bond donors (Lipinski definition) is 1. The fraction of sp³-hybridized carbons (Fsp3) is 0.300. The van der Waals surface area contributed by atoms with Crippen molar-refractivity contribution in [2.24, 2.45) is 0 Å². The van der Waals surface area contributed by atoms with E-state index in [9.17, 15) is 4.79 Å². The molecule has 0 amide bonds. The molecule has 1 aromatic carbocycles. The van der Waals surface area contributed by atoms with E-state index in [1.54, 1.807) is 12.1 Å². The average Bonchev–Trinajstić information content (AvgIpc) is 2.25. The summed E-state index contributed by atoms with van der Waals surface area (Å²) in [4.78, 5) is 11.5. The minimum absolute atomic E-state index is 0.0471. The minimum Gasteiger partial charge on any atom is -0.496 e. The number of esters is 1. The molecule has 0 saturated heterocycles. The van der Waals surface area contributed by atoms with Crippen LogP contribution in [0.2, 0.25) is 5.02 Å². The Labute approximate surface area is 92.4 Å². The van der Waals surface area contributed by atoms with Gasteiger partial charge in [-0.15, -0.1) is 0 Å². The van der Waals surface area contributed by atoms with Crippen molar-refractivity contribution in [3.05, 3.63) is 28.8 Å². The van der Waals surface area contributed by atoms with Crippen LogP contribution in [0.25, 0.3) is 0 Å². The standard InChI is InChI=1S/C10H11ClO4/c1-14-9-3-2-7(11)6-8(9)10(13)15-5-4-12/h2-3,6,12H,4-5H2,1H3. The molecule has 1 rings (SSSR count). The maximum atomic E-state index is 11.5. The summed E-state index contributed by atoms with van der Waals surface area (Å²) in [5.74, 6) is -0.175. The minimum atomic E-state index is -0.566. The van der Waals surface area contributed by atoms with Gasteiger partial charge >= 0.3 is 5.97 Å². The molecule has 15 heavy (non-hydrogen) atoms. The number of ether oxygens (including phenoxy) is 2. The van der Waals surface area contributed by atoms with E-state index in [0.29, 0.717) is 10.8 Å². The van der Waals surface area contributed by atoms with Crippen molar-refractivity contribution in [1.82, 2.24) is 0 Å². The van der Waals surface area contributed by atoms with Gasteiger partial charge in [0.1, 0.15) is 17.9 Å². The summed E-state index contributed by atoms with van der Waals surface area (Å²) >= 11 is 5.74. The van der Waals surface area contributed by atoms with Gasteiger partial charge in [0, 0.05) is 5.02 Å². The summed E-state index contributed by atoms with van der Waals surface area (Å²) in [6, 6.07) is 4.65. The molecule has 0 saturated carbocycles. The molecule has 4 nitrogen and oxygen atoms in total. The Kier molecular flexibility index (Phi) is 4.39. The van der Waals surface area contributed by atoms with Crippen LogP contribution in [0.15, 0.2) is 18.2 Å². The molecule has 0 radical (unpaired) electrons. The average molecular weight is 231 g/mol. The van der Waals surface area contributed by atoms with Gasteiger partial charge in [0.2, 0.25) is 0 Å². The van der Waals surface area contributed by atoms with Gasteiger partial charge in [-0.1, -0.05) is 11.6 Å². The molecule has 0 fully saturated rings. The number of carbonyl (C=O) groups excluding carboxylic acids is 1. The van der Waals surface area contributed by atoms with E-state index in [1.807, 2.05) is 0 Å². The molecule has 0 atom stereocenters. The second-order valence-electron chi connectivity index (χ2n) is 2.70. The second kappa shape index (κ2) is 5.58. The molecular formula is C10H11ClO4. The van der Waals surface area contributed by atoms with Crippen molar-refractivity contribution < 1.29 is 19.4 Å². The molecule has 0 aromatic heterocycles. The lowest BCUT2D eigenvalue weighted by molar-refractivity contribution is 0.0430. The Balaban J connectivity index is 2.90. The second-order valence-corrected chi connectivity index (χ2v) is 3.14. The van der Waals surface area contributed by atoms with E-state index in [-0.39, 0.29) is 18.8 Å². The van der Waals surface area contributed by atoms with Crippen molar-refractivity contribution in [1.29, 1.82) is 0 Å². The Morgan fingerprint density at radius 3 is 2.87 bits per heavy atom. The van der Waals surface area contributed by atoms with Crippen LogP contribution >= 0.6 is 11.6 Å². The molecule has 0 aliphatic carbocycles. The lowest BCUT2D eigenvalue weighted by Crippen LogP contribution is -2.10. The molecule has 0 bridgehead atoms. The van der Waals surface area contributed by atoms with Gasteiger partial charge < -0.3 is 14.6 Å². The van der Waals surface area contributed by atoms with Gasteiger partial charge in [0.15, 0.2) is 0 Å². The maximum absolute atomic E-state index is 11.5. The highest BCUT2D eigenvalue weighted by atomic mass is 35.5. The van der Waals surface area contributed by atoms with Crippen molar-refractivity contribution in [3.8, 4) is 5.75 Å². The number of hydrogen-bond acceptors (Lipinski definition) is 4. The quantitative estimate of drug-likeness (QED) is 0.797. The highest BCUT2D eigenvalue weighted by molar-refractivity contribution is 6.31. The lowest BCUT2D eigenvalue weighted by Gasteiger charge is -2.08. The monoisotopic (exact) mass is 230 g/mol. The zero-order valence-corrected chi connectivity index (χ0v) is 8.95. The van der Waals surface area contributed by atoms with Crippen molar-refractivity contribution >= 4 is 17.6 Å². The van der Waals surface area contributed by atoms with Crippen LogP contribution in [0.3, 0.4) is 0 Å². The third-order valence-corrected chi connectivity index (χ3v) is 1.94. The Bertz CT molecular complexity index is 351. The maximum Gasteiger partial charge on any atom is 0.342 e. The number of aliphatic hydroxyl groups is 1. The van der Waals surface area contributed by atoms with Gasteiger partial charge in [0.25, 0.3) is 0 Å². The lowest BCUT2D eigenvalue weighted by atomic mass is 10.2. The summed E-state index contributed by atoms with van der Waals surface area (Å²) in [6.45, 7) is -0.261. The number of benzene rings is 1. The van der Waals surface area contributed by atoms with Crippen LogP contribution in [-0.2, 0) is 4.74 Å². The molecule has 1 aromatic rings. The fourth-order valence-electron chi connectivity index (χ4n) is 1.06. The van der Waals surface area contributed by atoms with E-state index in [2.05, 4.69) is 0 Å². The van der Waals surface area contributed by atoms with Crippen LogP contribution in [0, 0.1) is 0 Å². The van der Waals surface area contributed by atoms with Crippen molar-refractivity contribution in [3.63, 3.8) is 0 Å². The van der Waals surface area contributed by atoms with E-state index in [0.717, 1.165) is 0 Å². The first-order chi connectivity index (χ1) is 7.19. The number of methoxy groups -OCH3 is 1. The Morgan fingerprint density at radius 1 is 1.53 bits per heavy atom. The summed E-state index contributed by atoms with van der Waals surface area (Å²) in [7, 11) is 1.45. The third-order valence-electron chi connectivity index (χ3n) is 1.71. The van der Waals surface area contributed by atoms with Crippen LogP contribution in [0.1, 0.15) is 10.4 Å². The van der Waals surface area contributed by atoms with Crippen LogP contribution in [-0.4, -0.2) is 31.4 Å². The predicted molar refractivity (Wildman–Crippen MR) is 55.4 cm³/mol. The summed E-state index contributed by atoms with van der Waals surface area (Å²) in [5.41, 5.74) is 0.249. The van der Waals surface area contributed by atoms with Crippen LogP contribution in [0.5, 0.6) is 5.75 Å². The Morgan fingerprint density at radius 2 is 2.27 bits per heavy atom. The Hall–Kier alpha value is -1.26. The van der Waals surface area contributed by atoms with Gasteiger partial charge in [0.05, 0.1) is 13.7 Å². The van der Waals surface area contributed by atoms with Crippen LogP contribution in [0.4, 0.5) is 0 Å². The summed E-state index contributed by atoms with van der Waals surface area (Å²) in [6.07, 6.45) is 0. The van der Waals surface area contributed by atoms with E-state index < -0.39 is 5.97 Å². The zero-order valence-electron chi connectivity index (χ0n) is 8.20. The van der Waals surface area contributed by atoms with Gasteiger partial charge in [-0.2, -0.15) is 0 Å². The molecule has 0 spiro atoms. The van der Waals surface area contributed by atoms with Crippen LogP contribution < -0.4 is 4.74 Å². The van der Waals surface area contributed by atoms with Gasteiger partial charge in [-0.3, -0.25) is 0 Å². The topological polar surface area (TPSA) is 55.8 Å². The number of rotatable bonds is 4. The largest absolute Gasteiger partial charge is 0.496 e. The molecule has 0 unspecified atom stereocenters. The van der Waals surface area contributed by atoms with Crippen molar-refractivity contribution in [2.45, 2.75) is 0 Å². The van der Waals surface area contributed by atoms with E-state index in [4.69, 9.17) is 26.2 Å². The first-order valence-electron chi connectivity index (χ1n) is 4.30. The smallest absolute Gasteiger partial charge is 0.342 e. The number of halogens is 1. The molecule has 1 N–H and O–H groups in total. The van der Waals surface area contributed by atoms with Crippen molar-refractivity contribution in [2.75, 3.05) is 20.3 Å². The van der Waals surface area contributed by atoms with E-state index in [1.165, 1.54) is 13.2 Å². The summed E-state index contributed by atoms with van der Waals surface area (Å²) < 4.78 is 9.73. The molecule has 0 aliphatic heterocycles. The molecule has 5 heteroatoms. The number of carbonyl (C=O) groups is 1. The highest BCUT2D eigenvalue weighted by Gasteiger charge is 2.13. The molecule has 0 aliphatic rings. The van der Waals surface area contributed by atoms with Gasteiger partial charge in [-0.25, -0.2) is 4.79 Å². The normalized spacial score (nSPS) is 9.80. The molecule has 0 heterocycles. The first kappa shape index (κ1) is 11.8. The predicted octanol–water partition coefficient (Wildman–Crippen LogP) is 1.50. The fourth-order valence-corrected chi connectivity index (χ4v) is 1.23. The zero-order chi connectivity index (χ0) is 11.3. The third kappa shape index (κ3) is 3.11.